The fourth-order valence-corrected chi connectivity index (χ4v) is 6.76. The van der Waals surface area contributed by atoms with Crippen molar-refractivity contribution >= 4 is 8.03 Å². The van der Waals surface area contributed by atoms with E-state index in [9.17, 15) is 9.67 Å². The van der Waals surface area contributed by atoms with Gasteiger partial charge in [0.2, 0.25) is 0 Å². The van der Waals surface area contributed by atoms with Gasteiger partial charge in [-0.25, -0.2) is 0 Å². The lowest BCUT2D eigenvalue weighted by Crippen LogP contribution is -2.48. The molecular formula is C46H52O10P+. The van der Waals surface area contributed by atoms with E-state index in [1.54, 1.807) is 0 Å². The number of benzene rings is 5. The van der Waals surface area contributed by atoms with Gasteiger partial charge in [0.1, 0.15) is 43.2 Å². The largest absolute Gasteiger partial charge is 0.504 e. The molecule has 10 nitrogen and oxygen atoms in total. The van der Waals surface area contributed by atoms with E-state index in [1.165, 1.54) is 6.66 Å². The van der Waals surface area contributed by atoms with Crippen LogP contribution < -0.4 is 0 Å². The average Bonchev–Trinajstić information content (AvgIpc) is 3.55. The first-order valence-corrected chi connectivity index (χ1v) is 20.9. The van der Waals surface area contributed by atoms with Crippen LogP contribution in [0.25, 0.3) is 0 Å². The molecule has 8 unspecified atom stereocenters. The molecule has 0 aliphatic carbocycles. The van der Waals surface area contributed by atoms with Gasteiger partial charge in [-0.05, 0) is 32.4 Å². The van der Waals surface area contributed by atoms with Gasteiger partial charge in [-0.2, -0.15) is 0 Å². The van der Waals surface area contributed by atoms with E-state index in [4.69, 9.17) is 37.7 Å². The number of hydrogen-bond acceptors (Lipinski definition) is 10. The van der Waals surface area contributed by atoms with Gasteiger partial charge < -0.3 is 38.3 Å². The maximum atomic E-state index is 12.3. The fraction of sp³-hybridized carbons (Fsp3) is 0.348. The third-order valence-corrected chi connectivity index (χ3v) is 9.96. The van der Waals surface area contributed by atoms with Crippen molar-refractivity contribution < 1.29 is 47.4 Å². The highest BCUT2D eigenvalue weighted by molar-refractivity contribution is 7.38. The van der Waals surface area contributed by atoms with Gasteiger partial charge in [0, 0.05) is 0 Å². The van der Waals surface area contributed by atoms with Gasteiger partial charge in [-0.15, -0.1) is 4.52 Å². The molecule has 300 valence electrons. The summed E-state index contributed by atoms with van der Waals surface area (Å²) in [7, 11) is -1.95. The highest BCUT2D eigenvalue weighted by Crippen LogP contribution is 2.29. The monoisotopic (exact) mass is 795 g/mol. The molecule has 0 bridgehead atoms. The van der Waals surface area contributed by atoms with Crippen LogP contribution in [0.5, 0.6) is 0 Å². The van der Waals surface area contributed by atoms with Crippen molar-refractivity contribution in [3.8, 4) is 0 Å². The van der Waals surface area contributed by atoms with Crippen molar-refractivity contribution in [2.75, 3.05) is 26.5 Å². The Bertz CT molecular complexity index is 1840. The summed E-state index contributed by atoms with van der Waals surface area (Å²) in [4.78, 5) is 0. The first-order chi connectivity index (χ1) is 28.0. The van der Waals surface area contributed by atoms with Crippen molar-refractivity contribution in [2.45, 2.75) is 75.9 Å². The minimum absolute atomic E-state index is 0.0223. The van der Waals surface area contributed by atoms with Crippen LogP contribution in [0.4, 0.5) is 0 Å². The molecule has 11 heteroatoms. The molecule has 6 rings (SSSR count). The van der Waals surface area contributed by atoms with E-state index >= 15 is 0 Å². The van der Waals surface area contributed by atoms with Gasteiger partial charge in [-0.3, -0.25) is 0 Å². The first kappa shape index (κ1) is 42.4. The number of aliphatic hydroxyl groups excluding tert-OH is 1. The normalized spacial score (nSPS) is 19.9. The van der Waals surface area contributed by atoms with Gasteiger partial charge in [0.25, 0.3) is 0 Å². The van der Waals surface area contributed by atoms with E-state index < -0.39 is 50.9 Å². The van der Waals surface area contributed by atoms with E-state index in [0.29, 0.717) is 6.61 Å². The summed E-state index contributed by atoms with van der Waals surface area (Å²) < 4.78 is 63.2. The summed E-state index contributed by atoms with van der Waals surface area (Å²) in [6, 6.07) is 49.0. The lowest BCUT2D eigenvalue weighted by molar-refractivity contribution is -0.222. The van der Waals surface area contributed by atoms with Gasteiger partial charge >= 0.3 is 8.03 Å². The maximum Gasteiger partial charge on any atom is 0.504 e. The molecule has 0 radical (unpaired) electrons. The van der Waals surface area contributed by atoms with Crippen molar-refractivity contribution in [2.24, 2.45) is 0 Å². The second kappa shape index (κ2) is 23.3. The summed E-state index contributed by atoms with van der Waals surface area (Å²) in [5, 5.41) is 11.6. The summed E-state index contributed by atoms with van der Waals surface area (Å²) in [6.45, 7) is 2.91. The standard InChI is InChI=1S/C46H52O10P/c1-57(48)55-34-42(51-29-37-21-11-4-12-22-37)44(52-30-38-23-13-5-14-24-38)41(50-28-36-19-9-3-10-20-36)33-54-46-45(53-31-39-25-15-6-16-26-39)43(47)40(56-46)32-49-27-35-17-7-2-8-18-35/h2-26,40-47H,27-34H2,1H3/q+1. The Balaban J connectivity index is 1.25. The molecule has 5 aromatic carbocycles. The van der Waals surface area contributed by atoms with Crippen LogP contribution in [0.15, 0.2) is 152 Å². The number of aliphatic hydroxyl groups is 1. The third kappa shape index (κ3) is 14.0. The summed E-state index contributed by atoms with van der Waals surface area (Å²) >= 11 is 0. The smallest absolute Gasteiger partial charge is 0.387 e. The molecule has 5 aromatic rings. The van der Waals surface area contributed by atoms with Crippen molar-refractivity contribution in [1.29, 1.82) is 0 Å². The molecule has 0 amide bonds. The van der Waals surface area contributed by atoms with E-state index in [2.05, 4.69) is 0 Å². The molecule has 0 aromatic heterocycles. The Labute approximate surface area is 336 Å². The molecule has 0 saturated carbocycles. The van der Waals surface area contributed by atoms with E-state index in [-0.39, 0.29) is 46.2 Å². The molecule has 57 heavy (non-hydrogen) atoms. The summed E-state index contributed by atoms with van der Waals surface area (Å²) in [5.41, 5.74) is 4.81. The third-order valence-electron chi connectivity index (χ3n) is 9.45. The zero-order valence-corrected chi connectivity index (χ0v) is 33.1. The van der Waals surface area contributed by atoms with E-state index in [1.807, 2.05) is 152 Å². The second-order valence-electron chi connectivity index (χ2n) is 13.8. The van der Waals surface area contributed by atoms with Crippen LogP contribution in [-0.4, -0.2) is 74.5 Å². The first-order valence-electron chi connectivity index (χ1n) is 19.2. The minimum atomic E-state index is -1.95. The predicted octanol–water partition coefficient (Wildman–Crippen LogP) is 8.04. The highest BCUT2D eigenvalue weighted by Gasteiger charge is 2.46. The topological polar surface area (TPSA) is 111 Å². The highest BCUT2D eigenvalue weighted by atomic mass is 31.1. The van der Waals surface area contributed by atoms with Crippen LogP contribution in [0.1, 0.15) is 27.8 Å². The fourth-order valence-electron chi connectivity index (χ4n) is 6.41. The molecule has 1 aliphatic heterocycles. The molecule has 8 atom stereocenters. The van der Waals surface area contributed by atoms with Crippen LogP contribution in [0.2, 0.25) is 0 Å². The molecular weight excluding hydrogens is 743 g/mol. The Kier molecular flexibility index (Phi) is 17.3. The van der Waals surface area contributed by atoms with E-state index in [0.717, 1.165) is 27.8 Å². The van der Waals surface area contributed by atoms with Crippen molar-refractivity contribution in [3.63, 3.8) is 0 Å². The zero-order valence-electron chi connectivity index (χ0n) is 32.2. The van der Waals surface area contributed by atoms with Crippen LogP contribution in [-0.2, 0) is 75.3 Å². The lowest BCUT2D eigenvalue weighted by Gasteiger charge is -2.33. The molecule has 1 N–H and O–H groups in total. The SMILES string of the molecule is C[P+](=O)OCC(OCc1ccccc1)C(OCc1ccccc1)C(COC1OC(COCc2ccccc2)C(O)C1OCc1ccccc1)OCc1ccccc1. The zero-order chi connectivity index (χ0) is 39.5. The van der Waals surface area contributed by atoms with Crippen LogP contribution in [0, 0.1) is 0 Å². The molecule has 1 fully saturated rings. The lowest BCUT2D eigenvalue weighted by atomic mass is 10.1. The van der Waals surface area contributed by atoms with Gasteiger partial charge in [-0.1, -0.05) is 152 Å². The Morgan fingerprint density at radius 3 is 1.46 bits per heavy atom. The number of rotatable bonds is 24. The number of ether oxygens (including phenoxy) is 7. The maximum absolute atomic E-state index is 12.3. The minimum Gasteiger partial charge on any atom is -0.387 e. The Morgan fingerprint density at radius 2 is 0.982 bits per heavy atom. The summed E-state index contributed by atoms with van der Waals surface area (Å²) in [6.07, 6.45) is -5.83. The second-order valence-corrected chi connectivity index (χ2v) is 14.9. The summed E-state index contributed by atoms with van der Waals surface area (Å²) in [5.74, 6) is 0. The molecule has 1 heterocycles. The van der Waals surface area contributed by atoms with Crippen molar-refractivity contribution in [3.05, 3.63) is 179 Å². The van der Waals surface area contributed by atoms with Crippen molar-refractivity contribution in [1.82, 2.24) is 0 Å². The predicted molar refractivity (Wildman–Crippen MR) is 216 cm³/mol. The molecule has 1 saturated heterocycles. The molecule has 1 aliphatic rings. The average molecular weight is 796 g/mol. The van der Waals surface area contributed by atoms with Crippen LogP contribution in [0.3, 0.4) is 0 Å². The number of hydrogen-bond donors (Lipinski definition) is 1. The van der Waals surface area contributed by atoms with Crippen LogP contribution >= 0.6 is 8.03 Å². The Morgan fingerprint density at radius 1 is 0.561 bits per heavy atom. The van der Waals surface area contributed by atoms with Gasteiger partial charge in [0.15, 0.2) is 13.0 Å². The molecule has 0 spiro atoms. The quantitative estimate of drug-likeness (QED) is 0.0617. The Hall–Kier alpha value is -4.16. The van der Waals surface area contributed by atoms with Gasteiger partial charge in [0.05, 0.1) is 46.2 Å².